The molecule has 0 bridgehead atoms. The highest BCUT2D eigenvalue weighted by atomic mass is 16.5. The minimum Gasteiger partial charge on any atom is -0.350 e. The summed E-state index contributed by atoms with van der Waals surface area (Å²) < 4.78 is 5.80. The Morgan fingerprint density at radius 3 is 2.65 bits per heavy atom. The summed E-state index contributed by atoms with van der Waals surface area (Å²) in [6.45, 7) is 9.39. The smallest absolute Gasteiger partial charge is 0.228 e. The lowest BCUT2D eigenvalue weighted by atomic mass is 10.0. The summed E-state index contributed by atoms with van der Waals surface area (Å²) in [5.74, 6) is 1.68. The highest BCUT2D eigenvalue weighted by molar-refractivity contribution is 5.94. The van der Waals surface area contributed by atoms with Crippen LogP contribution in [0.3, 0.4) is 0 Å². The van der Waals surface area contributed by atoms with E-state index in [0.29, 0.717) is 11.6 Å². The van der Waals surface area contributed by atoms with Gasteiger partial charge < -0.3 is 9.42 Å². The molecule has 0 spiro atoms. The predicted octanol–water partition coefficient (Wildman–Crippen LogP) is 4.98. The van der Waals surface area contributed by atoms with Gasteiger partial charge in [-0.25, -0.2) is 9.97 Å². The van der Waals surface area contributed by atoms with Crippen LogP contribution in [0.5, 0.6) is 0 Å². The Hall–Kier alpha value is -2.43. The first-order valence-electron chi connectivity index (χ1n) is 9.56. The van der Waals surface area contributed by atoms with E-state index in [2.05, 4.69) is 54.0 Å². The van der Waals surface area contributed by atoms with Crippen LogP contribution in [-0.2, 0) is 0 Å². The Morgan fingerprint density at radius 1 is 1.15 bits per heavy atom. The molecular formula is C21H26N4O. The van der Waals surface area contributed by atoms with Gasteiger partial charge in [0.25, 0.3) is 0 Å². The van der Waals surface area contributed by atoms with E-state index >= 15 is 0 Å². The Labute approximate surface area is 154 Å². The van der Waals surface area contributed by atoms with E-state index in [0.717, 1.165) is 41.4 Å². The van der Waals surface area contributed by atoms with Crippen molar-refractivity contribution in [1.82, 2.24) is 15.1 Å². The molecule has 26 heavy (non-hydrogen) atoms. The number of fused-ring (bicyclic) bond motifs is 1. The fourth-order valence-electron chi connectivity index (χ4n) is 3.55. The second-order valence-electron chi connectivity index (χ2n) is 7.40. The van der Waals surface area contributed by atoms with Crippen LogP contribution in [0.4, 0.5) is 5.82 Å². The van der Waals surface area contributed by atoms with Crippen molar-refractivity contribution < 1.29 is 4.52 Å². The third-order valence-corrected chi connectivity index (χ3v) is 5.06. The van der Waals surface area contributed by atoms with Crippen LogP contribution < -0.4 is 4.90 Å². The van der Waals surface area contributed by atoms with Crippen molar-refractivity contribution in [3.05, 3.63) is 35.2 Å². The molecule has 0 N–H and O–H groups in total. The molecule has 0 aliphatic heterocycles. The first-order chi connectivity index (χ1) is 12.6. The van der Waals surface area contributed by atoms with Crippen LogP contribution in [0.2, 0.25) is 0 Å². The van der Waals surface area contributed by atoms with Crippen molar-refractivity contribution in [3.8, 4) is 11.3 Å². The number of benzene rings is 1. The zero-order valence-electron chi connectivity index (χ0n) is 16.0. The maximum Gasteiger partial charge on any atom is 0.228 e. The van der Waals surface area contributed by atoms with Gasteiger partial charge in [0.1, 0.15) is 17.0 Å². The molecule has 0 unspecified atom stereocenters. The van der Waals surface area contributed by atoms with Crippen LogP contribution in [0.25, 0.3) is 22.4 Å². The first-order valence-corrected chi connectivity index (χ1v) is 9.56. The summed E-state index contributed by atoms with van der Waals surface area (Å²) in [7, 11) is 0. The fourth-order valence-corrected chi connectivity index (χ4v) is 3.55. The Morgan fingerprint density at radius 2 is 1.96 bits per heavy atom. The number of anilines is 1. The minimum absolute atomic E-state index is 0.578. The molecule has 2 heterocycles. The van der Waals surface area contributed by atoms with Crippen molar-refractivity contribution in [2.75, 3.05) is 11.4 Å². The van der Waals surface area contributed by atoms with E-state index in [-0.39, 0.29) is 0 Å². The van der Waals surface area contributed by atoms with Crippen molar-refractivity contribution in [2.45, 2.75) is 59.4 Å². The minimum atomic E-state index is 0.578. The number of aryl methyl sites for hydroxylation is 3. The van der Waals surface area contributed by atoms with E-state index in [1.54, 1.807) is 0 Å². The molecule has 0 saturated heterocycles. The zero-order chi connectivity index (χ0) is 18.3. The van der Waals surface area contributed by atoms with Gasteiger partial charge in [-0.3, -0.25) is 0 Å². The van der Waals surface area contributed by atoms with Gasteiger partial charge in [0.05, 0.1) is 0 Å². The summed E-state index contributed by atoms with van der Waals surface area (Å²) in [5.41, 5.74) is 5.85. The Balaban J connectivity index is 1.85. The van der Waals surface area contributed by atoms with E-state index in [1.165, 1.54) is 30.4 Å². The molecule has 5 heteroatoms. The van der Waals surface area contributed by atoms with Crippen LogP contribution in [0.1, 0.15) is 49.6 Å². The molecule has 1 saturated carbocycles. The van der Waals surface area contributed by atoms with Gasteiger partial charge in [-0.05, 0) is 45.6 Å². The largest absolute Gasteiger partial charge is 0.350 e. The zero-order valence-corrected chi connectivity index (χ0v) is 16.0. The molecule has 0 amide bonds. The van der Waals surface area contributed by atoms with Crippen LogP contribution in [0, 0.1) is 20.8 Å². The summed E-state index contributed by atoms with van der Waals surface area (Å²) in [4.78, 5) is 11.8. The second-order valence-corrected chi connectivity index (χ2v) is 7.40. The molecule has 1 aliphatic carbocycles. The molecule has 5 nitrogen and oxygen atoms in total. The molecule has 1 aromatic carbocycles. The van der Waals surface area contributed by atoms with Crippen molar-refractivity contribution in [3.63, 3.8) is 0 Å². The fraction of sp³-hybridized carbons (Fsp3) is 0.476. The topological polar surface area (TPSA) is 55.1 Å². The maximum absolute atomic E-state index is 5.80. The second kappa shape index (κ2) is 6.71. The highest BCUT2D eigenvalue weighted by Crippen LogP contribution is 2.37. The van der Waals surface area contributed by atoms with Gasteiger partial charge in [0.2, 0.25) is 5.58 Å². The number of hydrogen-bond donors (Lipinski definition) is 0. The lowest BCUT2D eigenvalue weighted by Crippen LogP contribution is -2.28. The highest BCUT2D eigenvalue weighted by Gasteiger charge is 2.32. The van der Waals surface area contributed by atoms with Crippen LogP contribution in [0.15, 0.2) is 22.7 Å². The van der Waals surface area contributed by atoms with Gasteiger partial charge in [-0.2, -0.15) is 0 Å². The lowest BCUT2D eigenvalue weighted by Gasteiger charge is -2.23. The normalized spacial score (nSPS) is 14.2. The lowest BCUT2D eigenvalue weighted by molar-refractivity contribution is 0.457. The van der Waals surface area contributed by atoms with Crippen molar-refractivity contribution in [2.24, 2.45) is 0 Å². The first kappa shape index (κ1) is 17.0. The Bertz CT molecular complexity index is 943. The van der Waals surface area contributed by atoms with E-state index < -0.39 is 0 Å². The summed E-state index contributed by atoms with van der Waals surface area (Å²) in [6, 6.07) is 6.96. The van der Waals surface area contributed by atoms with E-state index in [1.807, 2.05) is 6.92 Å². The van der Waals surface area contributed by atoms with Crippen LogP contribution >= 0.6 is 0 Å². The van der Waals surface area contributed by atoms with Gasteiger partial charge >= 0.3 is 0 Å². The summed E-state index contributed by atoms with van der Waals surface area (Å²) in [5, 5.41) is 4.40. The molecule has 1 fully saturated rings. The third-order valence-electron chi connectivity index (χ3n) is 5.06. The number of aromatic nitrogens is 3. The quantitative estimate of drug-likeness (QED) is 0.627. The summed E-state index contributed by atoms with van der Waals surface area (Å²) >= 11 is 0. The number of unbranched alkanes of at least 4 members (excludes halogenated alkanes) is 1. The standard InChI is InChI=1S/C21H26N4O/c1-5-6-11-25(16-8-9-16)21-20-19(22-15(4)23-21)18(24-26-20)17-10-7-13(2)12-14(17)3/h7,10,12,16H,5-6,8-9,11H2,1-4H3. The van der Waals surface area contributed by atoms with Crippen molar-refractivity contribution in [1.29, 1.82) is 0 Å². The van der Waals surface area contributed by atoms with E-state index in [9.17, 15) is 0 Å². The molecule has 4 rings (SSSR count). The third kappa shape index (κ3) is 3.06. The molecule has 2 aromatic heterocycles. The number of rotatable bonds is 6. The van der Waals surface area contributed by atoms with Gasteiger partial charge in [0.15, 0.2) is 5.82 Å². The summed E-state index contributed by atoms with van der Waals surface area (Å²) in [6.07, 6.45) is 4.78. The molecule has 1 aliphatic rings. The predicted molar refractivity (Wildman–Crippen MR) is 105 cm³/mol. The molecular weight excluding hydrogens is 324 g/mol. The van der Waals surface area contributed by atoms with Gasteiger partial charge in [-0.15, -0.1) is 0 Å². The molecule has 136 valence electrons. The molecule has 0 atom stereocenters. The van der Waals surface area contributed by atoms with Gasteiger partial charge in [0, 0.05) is 18.2 Å². The monoisotopic (exact) mass is 350 g/mol. The van der Waals surface area contributed by atoms with Gasteiger partial charge in [-0.1, -0.05) is 42.3 Å². The molecule has 3 aromatic rings. The Kier molecular flexibility index (Phi) is 4.39. The average molecular weight is 350 g/mol. The number of nitrogens with zero attached hydrogens (tertiary/aromatic N) is 4. The van der Waals surface area contributed by atoms with Crippen molar-refractivity contribution >= 4 is 16.9 Å². The SMILES string of the molecule is CCCCN(c1nc(C)nc2c(-c3ccc(C)cc3C)noc12)C1CC1. The number of hydrogen-bond acceptors (Lipinski definition) is 5. The van der Waals surface area contributed by atoms with Crippen LogP contribution in [-0.4, -0.2) is 27.7 Å². The van der Waals surface area contributed by atoms with E-state index in [4.69, 9.17) is 9.51 Å². The maximum atomic E-state index is 5.80. The average Bonchev–Trinajstić information content (AvgIpc) is 3.35. The molecule has 0 radical (unpaired) electrons.